The second-order valence-corrected chi connectivity index (χ2v) is 8.60. The van der Waals surface area contributed by atoms with E-state index in [1.165, 1.54) is 4.90 Å². The first-order valence-electron chi connectivity index (χ1n) is 11.7. The summed E-state index contributed by atoms with van der Waals surface area (Å²) in [5.74, 6) is -5.34. The van der Waals surface area contributed by atoms with E-state index in [2.05, 4.69) is 0 Å². The molecule has 0 radical (unpaired) electrons. The number of unbranched alkanes of at least 4 members (excludes halogenated alkanes) is 1. The lowest BCUT2D eigenvalue weighted by Crippen LogP contribution is -2.38. The third-order valence-electron chi connectivity index (χ3n) is 5.00. The molecule has 0 aliphatic heterocycles. The number of carbonyl (C=O) groups excluding carboxylic acids is 1. The Hall–Kier alpha value is -2.63. The Labute approximate surface area is 207 Å². The van der Waals surface area contributed by atoms with Crippen LogP contribution in [0.3, 0.4) is 0 Å². The van der Waals surface area contributed by atoms with Crippen molar-refractivity contribution < 1.29 is 50.9 Å². The second-order valence-electron chi connectivity index (χ2n) is 8.60. The zero-order chi connectivity index (χ0) is 27.4. The molecule has 0 aromatic heterocycles. The molecule has 0 fully saturated rings. The highest BCUT2D eigenvalue weighted by atomic mass is 19.4. The lowest BCUT2D eigenvalue weighted by atomic mass is 10.1. The van der Waals surface area contributed by atoms with Crippen LogP contribution in [0.4, 0.5) is 26.7 Å². The third-order valence-corrected chi connectivity index (χ3v) is 5.00. The summed E-state index contributed by atoms with van der Waals surface area (Å²) >= 11 is 0. The lowest BCUT2D eigenvalue weighted by Gasteiger charge is -2.24. The number of carbonyl (C=O) groups is 2. The van der Waals surface area contributed by atoms with Crippen molar-refractivity contribution in [2.75, 3.05) is 32.9 Å². The fourth-order valence-electron chi connectivity index (χ4n) is 3.04. The summed E-state index contributed by atoms with van der Waals surface area (Å²) in [6, 6.07) is 6.61. The number of hydrogen-bond donors (Lipinski definition) is 1. The van der Waals surface area contributed by atoms with Gasteiger partial charge in [-0.2, -0.15) is 22.0 Å². The fraction of sp³-hybridized carbons (Fsp3) is 0.667. The van der Waals surface area contributed by atoms with Gasteiger partial charge in [0.15, 0.2) is 6.10 Å². The van der Waals surface area contributed by atoms with Crippen LogP contribution in [0, 0.1) is 5.92 Å². The van der Waals surface area contributed by atoms with E-state index < -0.39 is 43.1 Å². The molecular formula is C24H34F5NO6. The van der Waals surface area contributed by atoms with E-state index in [0.717, 1.165) is 5.56 Å². The van der Waals surface area contributed by atoms with Crippen LogP contribution in [-0.4, -0.2) is 73.2 Å². The van der Waals surface area contributed by atoms with Gasteiger partial charge < -0.3 is 24.2 Å². The Morgan fingerprint density at radius 1 is 1.03 bits per heavy atom. The molecular weight excluding hydrogens is 493 g/mol. The predicted molar refractivity (Wildman–Crippen MR) is 121 cm³/mol. The molecule has 0 bridgehead atoms. The molecule has 1 atom stereocenters. The van der Waals surface area contributed by atoms with Gasteiger partial charge in [-0.15, -0.1) is 0 Å². The van der Waals surface area contributed by atoms with Crippen LogP contribution in [-0.2, 0) is 20.7 Å². The van der Waals surface area contributed by atoms with Crippen molar-refractivity contribution in [3.05, 3.63) is 29.8 Å². The van der Waals surface area contributed by atoms with Crippen LogP contribution >= 0.6 is 0 Å². The zero-order valence-corrected chi connectivity index (χ0v) is 20.7. The molecule has 1 aromatic carbocycles. The quantitative estimate of drug-likeness (QED) is 0.224. The van der Waals surface area contributed by atoms with Gasteiger partial charge in [-0.1, -0.05) is 26.0 Å². The van der Waals surface area contributed by atoms with Crippen LogP contribution in [0.15, 0.2) is 24.3 Å². The van der Waals surface area contributed by atoms with E-state index >= 15 is 0 Å². The molecule has 1 N–H and O–H groups in total. The van der Waals surface area contributed by atoms with E-state index in [0.29, 0.717) is 5.75 Å². The summed E-state index contributed by atoms with van der Waals surface area (Å²) in [6.45, 7) is 5.73. The van der Waals surface area contributed by atoms with Gasteiger partial charge in [0, 0.05) is 26.0 Å². The van der Waals surface area contributed by atoms with Crippen molar-refractivity contribution >= 4 is 12.1 Å². The van der Waals surface area contributed by atoms with Gasteiger partial charge in [0.2, 0.25) is 0 Å². The van der Waals surface area contributed by atoms with Crippen LogP contribution in [0.25, 0.3) is 0 Å². The molecule has 206 valence electrons. The van der Waals surface area contributed by atoms with Crippen LogP contribution in [0.5, 0.6) is 5.75 Å². The Kier molecular flexibility index (Phi) is 12.9. The van der Waals surface area contributed by atoms with Gasteiger partial charge in [0.05, 0.1) is 13.2 Å². The normalized spacial score (nSPS) is 12.9. The molecule has 1 rings (SSSR count). The number of rotatable bonds is 16. The van der Waals surface area contributed by atoms with Gasteiger partial charge in [-0.05, 0) is 43.4 Å². The standard InChI is InChI=1S/C24H34F5NO6/c1-4-34-20(21(31)32)15-18-7-9-19(10-8-18)35-14-13-30(22(33)36-16-17(2)3)12-6-5-11-23(25,26)24(27,28)29/h7-10,17,20H,4-6,11-16H2,1-3H3,(H,31,32). The SMILES string of the molecule is CCOC(Cc1ccc(OCCN(CCCCC(F)(F)C(F)(F)F)C(=O)OCC(C)C)cc1)C(=O)O. The fourth-order valence-corrected chi connectivity index (χ4v) is 3.04. The number of carboxylic acid groups (broad SMARTS) is 1. The van der Waals surface area contributed by atoms with Gasteiger partial charge in [0.1, 0.15) is 12.4 Å². The minimum Gasteiger partial charge on any atom is -0.492 e. The highest BCUT2D eigenvalue weighted by molar-refractivity contribution is 5.72. The first-order valence-corrected chi connectivity index (χ1v) is 11.7. The van der Waals surface area contributed by atoms with Crippen LogP contribution in [0.2, 0.25) is 0 Å². The van der Waals surface area contributed by atoms with Gasteiger partial charge in [-0.3, -0.25) is 0 Å². The van der Waals surface area contributed by atoms with Crippen LogP contribution in [0.1, 0.15) is 45.6 Å². The molecule has 0 saturated heterocycles. The molecule has 1 unspecified atom stereocenters. The topological polar surface area (TPSA) is 85.3 Å². The van der Waals surface area contributed by atoms with E-state index in [1.807, 2.05) is 13.8 Å². The number of carboxylic acids is 1. The summed E-state index contributed by atoms with van der Waals surface area (Å²) in [7, 11) is 0. The Morgan fingerprint density at radius 2 is 1.67 bits per heavy atom. The van der Waals surface area contributed by atoms with Crippen molar-refractivity contribution in [2.24, 2.45) is 5.92 Å². The van der Waals surface area contributed by atoms with Crippen molar-refractivity contribution in [1.29, 1.82) is 0 Å². The number of alkyl halides is 5. The highest BCUT2D eigenvalue weighted by Crippen LogP contribution is 2.39. The summed E-state index contributed by atoms with van der Waals surface area (Å²) < 4.78 is 79.1. The maximum absolute atomic E-state index is 13.1. The number of amides is 1. The number of ether oxygens (including phenoxy) is 3. The lowest BCUT2D eigenvalue weighted by molar-refractivity contribution is -0.284. The number of hydrogen-bond acceptors (Lipinski definition) is 5. The maximum Gasteiger partial charge on any atom is 0.453 e. The summed E-state index contributed by atoms with van der Waals surface area (Å²) in [5.41, 5.74) is 0.720. The van der Waals surface area contributed by atoms with Gasteiger partial charge >= 0.3 is 24.2 Å². The first-order chi connectivity index (χ1) is 16.8. The minimum absolute atomic E-state index is 0.0194. The summed E-state index contributed by atoms with van der Waals surface area (Å²) in [6.07, 6.45) is -8.97. The molecule has 0 saturated carbocycles. The van der Waals surface area contributed by atoms with E-state index in [1.54, 1.807) is 31.2 Å². The van der Waals surface area contributed by atoms with E-state index in [4.69, 9.17) is 14.2 Å². The third kappa shape index (κ3) is 11.4. The van der Waals surface area contributed by atoms with Crippen LogP contribution < -0.4 is 4.74 Å². The van der Waals surface area contributed by atoms with Gasteiger partial charge in [-0.25, -0.2) is 9.59 Å². The summed E-state index contributed by atoms with van der Waals surface area (Å²) in [5, 5.41) is 9.18. The number of halogens is 5. The van der Waals surface area contributed by atoms with E-state index in [9.17, 15) is 36.6 Å². The Bertz CT molecular complexity index is 801. The molecule has 0 spiro atoms. The smallest absolute Gasteiger partial charge is 0.453 e. The molecule has 0 aliphatic carbocycles. The minimum atomic E-state index is -5.61. The molecule has 1 aromatic rings. The average molecular weight is 528 g/mol. The van der Waals surface area contributed by atoms with Gasteiger partial charge in [0.25, 0.3) is 0 Å². The van der Waals surface area contributed by atoms with Crippen molar-refractivity contribution in [3.8, 4) is 5.75 Å². The summed E-state index contributed by atoms with van der Waals surface area (Å²) in [4.78, 5) is 24.8. The maximum atomic E-state index is 13.1. The Morgan fingerprint density at radius 3 is 2.19 bits per heavy atom. The van der Waals surface area contributed by atoms with Crippen molar-refractivity contribution in [3.63, 3.8) is 0 Å². The molecule has 7 nitrogen and oxygen atoms in total. The number of benzene rings is 1. The number of aliphatic carboxylic acids is 1. The molecule has 1 amide bonds. The predicted octanol–water partition coefficient (Wildman–Crippen LogP) is 5.56. The molecule has 0 heterocycles. The average Bonchev–Trinajstić information content (AvgIpc) is 2.78. The molecule has 0 aliphatic rings. The Balaban J connectivity index is 2.63. The highest BCUT2D eigenvalue weighted by Gasteiger charge is 2.56. The van der Waals surface area contributed by atoms with E-state index in [-0.39, 0.29) is 51.7 Å². The first kappa shape index (κ1) is 31.4. The molecule has 12 heteroatoms. The second kappa shape index (κ2) is 14.8. The van der Waals surface area contributed by atoms with Crippen molar-refractivity contribution in [1.82, 2.24) is 4.90 Å². The largest absolute Gasteiger partial charge is 0.492 e. The molecule has 36 heavy (non-hydrogen) atoms. The number of nitrogens with zero attached hydrogens (tertiary/aromatic N) is 1. The zero-order valence-electron chi connectivity index (χ0n) is 20.7. The monoisotopic (exact) mass is 527 g/mol. The van der Waals surface area contributed by atoms with Crippen molar-refractivity contribution in [2.45, 2.75) is 64.7 Å².